The number of rotatable bonds is 4. The highest BCUT2D eigenvalue weighted by Crippen LogP contribution is 2.13. The minimum atomic E-state index is -0.193. The maximum Gasteiger partial charge on any atom is 0.290 e. The van der Waals surface area contributed by atoms with Gasteiger partial charge in [0.1, 0.15) is 0 Å². The number of aromatic amines is 2. The highest BCUT2D eigenvalue weighted by atomic mass is 16.2. The Morgan fingerprint density at radius 3 is 2.62 bits per heavy atom. The van der Waals surface area contributed by atoms with Gasteiger partial charge in [0.25, 0.3) is 5.56 Å². The Hall–Kier alpha value is -2.64. The molecule has 0 radical (unpaired) electrons. The lowest BCUT2D eigenvalue weighted by Gasteiger charge is -2.34. The first-order valence-corrected chi connectivity index (χ1v) is 8.13. The maximum absolute atomic E-state index is 12.4. The molecule has 1 saturated heterocycles. The number of aromatic nitrogens is 4. The molecule has 2 aromatic rings. The Balaban J connectivity index is 1.53. The zero-order valence-electron chi connectivity index (χ0n) is 14.0. The molecule has 0 aliphatic carbocycles. The minimum Gasteiger partial charge on any atom is -0.348 e. The predicted molar refractivity (Wildman–Crippen MR) is 90.0 cm³/mol. The van der Waals surface area contributed by atoms with Gasteiger partial charge in [-0.25, -0.2) is 4.98 Å². The van der Waals surface area contributed by atoms with Crippen LogP contribution < -0.4 is 10.5 Å². The first-order valence-electron chi connectivity index (χ1n) is 8.13. The number of hydrogen-bond acceptors (Lipinski definition) is 5. The number of amides is 1. The summed E-state index contributed by atoms with van der Waals surface area (Å²) in [7, 11) is 0. The number of carbonyl (C=O) groups excluding carboxylic acids is 1. The van der Waals surface area contributed by atoms with Gasteiger partial charge in [0.15, 0.2) is 5.82 Å². The van der Waals surface area contributed by atoms with Gasteiger partial charge in [0, 0.05) is 57.1 Å². The third-order valence-electron chi connectivity index (χ3n) is 4.55. The third-order valence-corrected chi connectivity index (χ3v) is 4.55. The average molecular weight is 330 g/mol. The van der Waals surface area contributed by atoms with Crippen LogP contribution in [0.5, 0.6) is 0 Å². The van der Waals surface area contributed by atoms with Crippen LogP contribution in [0.2, 0.25) is 0 Å². The molecule has 128 valence electrons. The zero-order valence-corrected chi connectivity index (χ0v) is 14.0. The summed E-state index contributed by atoms with van der Waals surface area (Å²) in [6, 6.07) is 0. The predicted octanol–water partition coefficient (Wildman–Crippen LogP) is 0.391. The summed E-state index contributed by atoms with van der Waals surface area (Å²) in [4.78, 5) is 34.7. The molecule has 0 spiro atoms. The van der Waals surface area contributed by atoms with E-state index in [1.807, 2.05) is 23.6 Å². The van der Waals surface area contributed by atoms with Gasteiger partial charge >= 0.3 is 0 Å². The Labute approximate surface area is 139 Å². The summed E-state index contributed by atoms with van der Waals surface area (Å²) in [6.07, 6.45) is 4.19. The fraction of sp³-hybridized carbons (Fsp3) is 0.500. The van der Waals surface area contributed by atoms with Crippen LogP contribution in [-0.4, -0.2) is 57.2 Å². The molecule has 24 heavy (non-hydrogen) atoms. The van der Waals surface area contributed by atoms with Crippen molar-refractivity contribution in [3.63, 3.8) is 0 Å². The molecular weight excluding hydrogens is 308 g/mol. The van der Waals surface area contributed by atoms with Crippen LogP contribution in [0.4, 0.5) is 5.82 Å². The number of nitrogens with one attached hydrogen (secondary N) is 2. The number of aryl methyl sites for hydroxylation is 2. The van der Waals surface area contributed by atoms with Gasteiger partial charge < -0.3 is 14.8 Å². The lowest BCUT2D eigenvalue weighted by atomic mass is 10.1. The van der Waals surface area contributed by atoms with Gasteiger partial charge in [0.2, 0.25) is 5.91 Å². The molecule has 2 N–H and O–H groups in total. The second-order valence-corrected chi connectivity index (χ2v) is 6.03. The molecule has 2 aromatic heterocycles. The summed E-state index contributed by atoms with van der Waals surface area (Å²) in [5.41, 5.74) is 2.94. The van der Waals surface area contributed by atoms with Crippen LogP contribution in [-0.2, 0) is 11.2 Å². The Morgan fingerprint density at radius 2 is 2.00 bits per heavy atom. The van der Waals surface area contributed by atoms with Crippen molar-refractivity contribution in [2.24, 2.45) is 0 Å². The number of anilines is 1. The van der Waals surface area contributed by atoms with Crippen molar-refractivity contribution in [1.29, 1.82) is 0 Å². The number of nitrogens with zero attached hydrogens (tertiary/aromatic N) is 4. The van der Waals surface area contributed by atoms with E-state index in [1.54, 1.807) is 6.20 Å². The highest BCUT2D eigenvalue weighted by molar-refractivity contribution is 5.76. The molecule has 0 bridgehead atoms. The Bertz CT molecular complexity index is 773. The lowest BCUT2D eigenvalue weighted by Crippen LogP contribution is -2.50. The monoisotopic (exact) mass is 330 g/mol. The standard InChI is InChI=1S/C16H22N6O2/c1-11-12(2)19-20-13(11)3-4-14(23)21-7-9-22(10-8-21)15-16(24)18-6-5-17-15/h5-6H,3-4,7-10H2,1-2H3,(H,18,24)(H,19,20). The first kappa shape index (κ1) is 16.2. The maximum atomic E-state index is 12.4. The van der Waals surface area contributed by atoms with Gasteiger partial charge in [-0.3, -0.25) is 14.7 Å². The molecule has 0 unspecified atom stereocenters. The van der Waals surface area contributed by atoms with Crippen LogP contribution in [0.1, 0.15) is 23.4 Å². The number of carbonyl (C=O) groups is 1. The average Bonchev–Trinajstić information content (AvgIpc) is 2.92. The third kappa shape index (κ3) is 3.32. The Morgan fingerprint density at radius 1 is 1.25 bits per heavy atom. The minimum absolute atomic E-state index is 0.129. The molecule has 0 saturated carbocycles. The molecular formula is C16H22N6O2. The van der Waals surface area contributed by atoms with Gasteiger partial charge in [0.05, 0.1) is 5.69 Å². The highest BCUT2D eigenvalue weighted by Gasteiger charge is 2.23. The normalized spacial score (nSPS) is 14.9. The van der Waals surface area contributed by atoms with E-state index in [0.717, 1.165) is 17.0 Å². The van der Waals surface area contributed by atoms with E-state index in [2.05, 4.69) is 20.2 Å². The molecule has 1 fully saturated rings. The number of H-pyrrole nitrogens is 2. The molecule has 0 atom stereocenters. The second-order valence-electron chi connectivity index (χ2n) is 6.03. The Kier molecular flexibility index (Phi) is 4.64. The molecule has 1 aliphatic rings. The van der Waals surface area contributed by atoms with E-state index in [0.29, 0.717) is 44.8 Å². The van der Waals surface area contributed by atoms with Crippen molar-refractivity contribution in [3.8, 4) is 0 Å². The topological polar surface area (TPSA) is 98.0 Å². The number of hydrogen-bond donors (Lipinski definition) is 2. The van der Waals surface area contributed by atoms with Crippen molar-refractivity contribution in [3.05, 3.63) is 39.7 Å². The summed E-state index contributed by atoms with van der Waals surface area (Å²) in [5.74, 6) is 0.553. The molecule has 8 nitrogen and oxygen atoms in total. The van der Waals surface area contributed by atoms with E-state index in [9.17, 15) is 9.59 Å². The van der Waals surface area contributed by atoms with Crippen LogP contribution in [0.3, 0.4) is 0 Å². The lowest BCUT2D eigenvalue weighted by molar-refractivity contribution is -0.131. The van der Waals surface area contributed by atoms with Crippen LogP contribution in [0.15, 0.2) is 17.2 Å². The van der Waals surface area contributed by atoms with Crippen molar-refractivity contribution >= 4 is 11.7 Å². The van der Waals surface area contributed by atoms with Gasteiger partial charge in [-0.15, -0.1) is 0 Å². The van der Waals surface area contributed by atoms with Gasteiger partial charge in [-0.2, -0.15) is 5.10 Å². The van der Waals surface area contributed by atoms with Crippen LogP contribution in [0, 0.1) is 13.8 Å². The van der Waals surface area contributed by atoms with E-state index < -0.39 is 0 Å². The smallest absolute Gasteiger partial charge is 0.290 e. The van der Waals surface area contributed by atoms with Crippen molar-refractivity contribution in [1.82, 2.24) is 25.1 Å². The molecule has 1 aliphatic heterocycles. The summed E-state index contributed by atoms with van der Waals surface area (Å²) in [5, 5.41) is 7.19. The van der Waals surface area contributed by atoms with Crippen LogP contribution in [0.25, 0.3) is 0 Å². The summed E-state index contributed by atoms with van der Waals surface area (Å²) in [6.45, 7) is 6.44. The summed E-state index contributed by atoms with van der Waals surface area (Å²) < 4.78 is 0. The van der Waals surface area contributed by atoms with E-state index >= 15 is 0 Å². The second kappa shape index (κ2) is 6.86. The van der Waals surface area contributed by atoms with Crippen molar-refractivity contribution < 1.29 is 4.79 Å². The van der Waals surface area contributed by atoms with E-state index in [4.69, 9.17) is 0 Å². The number of piperazine rings is 1. The quantitative estimate of drug-likeness (QED) is 0.845. The molecule has 1 amide bonds. The SMILES string of the molecule is Cc1[nH]nc(CCC(=O)N2CCN(c3ncc[nH]c3=O)CC2)c1C. The van der Waals surface area contributed by atoms with Crippen molar-refractivity contribution in [2.75, 3.05) is 31.1 Å². The first-order chi connectivity index (χ1) is 11.6. The van der Waals surface area contributed by atoms with Gasteiger partial charge in [-0.1, -0.05) is 0 Å². The fourth-order valence-corrected chi connectivity index (χ4v) is 2.90. The van der Waals surface area contributed by atoms with E-state index in [-0.39, 0.29) is 11.5 Å². The molecule has 3 heterocycles. The summed E-state index contributed by atoms with van der Waals surface area (Å²) >= 11 is 0. The van der Waals surface area contributed by atoms with E-state index in [1.165, 1.54) is 6.20 Å². The zero-order chi connectivity index (χ0) is 17.1. The molecule has 0 aromatic carbocycles. The van der Waals surface area contributed by atoms with Gasteiger partial charge in [-0.05, 0) is 19.4 Å². The van der Waals surface area contributed by atoms with Crippen molar-refractivity contribution in [2.45, 2.75) is 26.7 Å². The molecule has 8 heteroatoms. The van der Waals surface area contributed by atoms with Crippen LogP contribution >= 0.6 is 0 Å². The fourth-order valence-electron chi connectivity index (χ4n) is 2.90. The molecule has 3 rings (SSSR count). The largest absolute Gasteiger partial charge is 0.348 e.